The fourth-order valence-corrected chi connectivity index (χ4v) is 0.667. The summed E-state index contributed by atoms with van der Waals surface area (Å²) in [6.07, 6.45) is 0. The van der Waals surface area contributed by atoms with Crippen LogP contribution in [-0.4, -0.2) is 20.5 Å². The maximum atomic E-state index is 9.16. The van der Waals surface area contributed by atoms with Gasteiger partial charge in [-0.05, 0) is 0 Å². The molecule has 76 valence electrons. The Morgan fingerprint density at radius 3 is 1.17 bits per heavy atom. The van der Waals surface area contributed by atoms with Crippen LogP contribution in [0.1, 0.15) is 27.7 Å². The van der Waals surface area contributed by atoms with Gasteiger partial charge in [0.05, 0.1) is 0 Å². The quantitative estimate of drug-likeness (QED) is 0.747. The Kier molecular flexibility index (Phi) is 8.68. The van der Waals surface area contributed by atoms with Crippen LogP contribution in [0.5, 0.6) is 0 Å². The molecule has 0 saturated heterocycles. The minimum Gasteiger partial charge on any atom is -0.312 e. The van der Waals surface area contributed by atoms with Gasteiger partial charge in [0, 0.05) is 33.4 Å². The molecule has 0 aliphatic carbocycles. The van der Waals surface area contributed by atoms with Crippen molar-refractivity contribution in [3.05, 3.63) is 0 Å². The lowest BCUT2D eigenvalue weighted by atomic mass is 10.3. The Hall–Kier alpha value is 0.490. The van der Waals surface area contributed by atoms with Crippen molar-refractivity contribution < 1.29 is 8.42 Å². The van der Waals surface area contributed by atoms with E-state index in [4.69, 9.17) is 8.42 Å². The third kappa shape index (κ3) is 46.9. The van der Waals surface area contributed by atoms with Gasteiger partial charge in [0.1, 0.15) is 0 Å². The average molecular weight is 236 g/mol. The molecule has 0 aromatic rings. The van der Waals surface area contributed by atoms with Gasteiger partial charge in [0.2, 0.25) is 0 Å². The second-order valence-corrected chi connectivity index (χ2v) is 6.52. The summed E-state index contributed by atoms with van der Waals surface area (Å²) in [5.41, 5.74) is 0. The highest BCUT2D eigenvalue weighted by atomic mass is 36.0. The van der Waals surface area contributed by atoms with E-state index < -0.39 is 8.26 Å². The Balaban J connectivity index is 0. The zero-order valence-electron chi connectivity index (χ0n) is 7.64. The summed E-state index contributed by atoms with van der Waals surface area (Å²) in [6.45, 7) is 8.61. The van der Waals surface area contributed by atoms with Crippen molar-refractivity contribution in [1.82, 2.24) is 5.32 Å². The molecule has 12 heavy (non-hydrogen) atoms. The van der Waals surface area contributed by atoms with Crippen LogP contribution in [0.15, 0.2) is 0 Å². The molecule has 0 saturated carbocycles. The molecule has 0 bridgehead atoms. The van der Waals surface area contributed by atoms with Crippen LogP contribution >= 0.6 is 21.4 Å². The van der Waals surface area contributed by atoms with E-state index >= 15 is 0 Å². The molecule has 6 heteroatoms. The zero-order chi connectivity index (χ0) is 10.4. The molecule has 0 aromatic heterocycles. The van der Waals surface area contributed by atoms with E-state index in [-0.39, 0.29) is 0 Å². The lowest BCUT2D eigenvalue weighted by molar-refractivity contribution is 0.518. The van der Waals surface area contributed by atoms with Gasteiger partial charge in [-0.25, -0.2) is 0 Å². The van der Waals surface area contributed by atoms with Crippen LogP contribution in [0.25, 0.3) is 0 Å². The Labute approximate surface area is 83.4 Å². The van der Waals surface area contributed by atoms with E-state index in [1.807, 2.05) is 0 Å². The smallest absolute Gasteiger partial charge is 0.312 e. The van der Waals surface area contributed by atoms with Gasteiger partial charge in [-0.2, -0.15) is 8.42 Å². The standard InChI is InChI=1S/C6H15N.Cl2O2S/c1-5(2)7-6(3)4;1-5(2,3)4/h5-7H,1-4H3;. The molecule has 0 radical (unpaired) electrons. The van der Waals surface area contributed by atoms with E-state index in [1.54, 1.807) is 0 Å². The molecule has 0 aromatic carbocycles. The fraction of sp³-hybridized carbons (Fsp3) is 1.00. The summed E-state index contributed by atoms with van der Waals surface area (Å²) in [6, 6.07) is 1.25. The predicted molar refractivity (Wildman–Crippen MR) is 54.0 cm³/mol. The zero-order valence-corrected chi connectivity index (χ0v) is 9.96. The molecular formula is C6H15Cl2NO2S. The molecule has 0 heterocycles. The minimum atomic E-state index is -3.72. The Bertz CT molecular complexity index is 176. The van der Waals surface area contributed by atoms with Crippen molar-refractivity contribution >= 4 is 29.6 Å². The van der Waals surface area contributed by atoms with Crippen LogP contribution in [0, 0.1) is 0 Å². The first kappa shape index (κ1) is 15.0. The Morgan fingerprint density at radius 1 is 1.00 bits per heavy atom. The van der Waals surface area contributed by atoms with Gasteiger partial charge in [0.25, 0.3) is 0 Å². The maximum absolute atomic E-state index is 9.16. The topological polar surface area (TPSA) is 46.2 Å². The Morgan fingerprint density at radius 2 is 1.17 bits per heavy atom. The van der Waals surface area contributed by atoms with Crippen molar-refractivity contribution in [3.8, 4) is 0 Å². The van der Waals surface area contributed by atoms with Gasteiger partial charge in [-0.3, -0.25) is 0 Å². The van der Waals surface area contributed by atoms with Crippen LogP contribution in [-0.2, 0) is 8.26 Å². The number of hydrogen-bond acceptors (Lipinski definition) is 3. The van der Waals surface area contributed by atoms with Crippen LogP contribution in [0.4, 0.5) is 0 Å². The summed E-state index contributed by atoms with van der Waals surface area (Å²) in [4.78, 5) is 0. The highest BCUT2D eigenvalue weighted by molar-refractivity contribution is 8.31. The molecule has 0 aliphatic rings. The SMILES string of the molecule is CC(C)NC(C)C.O=S(=O)(Cl)Cl. The van der Waals surface area contributed by atoms with Gasteiger partial charge < -0.3 is 5.32 Å². The van der Waals surface area contributed by atoms with Gasteiger partial charge in [0.15, 0.2) is 0 Å². The largest absolute Gasteiger partial charge is 0.317 e. The number of halogens is 2. The first-order chi connectivity index (χ1) is 5.13. The lowest BCUT2D eigenvalue weighted by Crippen LogP contribution is -2.29. The summed E-state index contributed by atoms with van der Waals surface area (Å²) in [7, 11) is 4.81. The molecule has 0 spiro atoms. The maximum Gasteiger partial charge on any atom is 0.317 e. The molecular weight excluding hydrogens is 221 g/mol. The van der Waals surface area contributed by atoms with E-state index in [0.717, 1.165) is 0 Å². The monoisotopic (exact) mass is 235 g/mol. The van der Waals surface area contributed by atoms with E-state index in [2.05, 4.69) is 54.4 Å². The third-order valence-electron chi connectivity index (χ3n) is 0.667. The van der Waals surface area contributed by atoms with Crippen LogP contribution < -0.4 is 5.32 Å². The van der Waals surface area contributed by atoms with Crippen LogP contribution in [0.3, 0.4) is 0 Å². The van der Waals surface area contributed by atoms with Gasteiger partial charge in [-0.15, -0.1) is 0 Å². The van der Waals surface area contributed by atoms with Crippen molar-refractivity contribution in [2.45, 2.75) is 39.8 Å². The summed E-state index contributed by atoms with van der Waals surface area (Å²) in [5.74, 6) is 0. The molecule has 0 unspecified atom stereocenters. The van der Waals surface area contributed by atoms with Crippen molar-refractivity contribution in [3.63, 3.8) is 0 Å². The van der Waals surface area contributed by atoms with Crippen molar-refractivity contribution in [2.24, 2.45) is 0 Å². The fourth-order valence-electron chi connectivity index (χ4n) is 0.667. The molecule has 0 rings (SSSR count). The second-order valence-electron chi connectivity index (χ2n) is 2.85. The number of hydrogen-bond donors (Lipinski definition) is 1. The van der Waals surface area contributed by atoms with Gasteiger partial charge in [-0.1, -0.05) is 27.7 Å². The summed E-state index contributed by atoms with van der Waals surface area (Å²) >= 11 is 0. The minimum absolute atomic E-state index is 0.625. The summed E-state index contributed by atoms with van der Waals surface area (Å²) in [5, 5.41) is 3.31. The molecule has 0 aliphatic heterocycles. The predicted octanol–water partition coefficient (Wildman–Crippen LogP) is 2.10. The molecule has 0 amide bonds. The van der Waals surface area contributed by atoms with E-state index in [1.165, 1.54) is 0 Å². The van der Waals surface area contributed by atoms with Gasteiger partial charge >= 0.3 is 8.26 Å². The van der Waals surface area contributed by atoms with E-state index in [9.17, 15) is 0 Å². The number of nitrogens with one attached hydrogen (secondary N) is 1. The average Bonchev–Trinajstić information content (AvgIpc) is 1.52. The molecule has 0 fully saturated rings. The highest BCUT2D eigenvalue weighted by Crippen LogP contribution is 1.98. The highest BCUT2D eigenvalue weighted by Gasteiger charge is 1.92. The van der Waals surface area contributed by atoms with Crippen molar-refractivity contribution in [1.29, 1.82) is 0 Å². The second kappa shape index (κ2) is 6.95. The normalized spacial score (nSPS) is 11.3. The molecule has 1 N–H and O–H groups in total. The summed E-state index contributed by atoms with van der Waals surface area (Å²) < 4.78 is 18.3. The number of rotatable bonds is 2. The lowest BCUT2D eigenvalue weighted by Gasteiger charge is -2.10. The third-order valence-corrected chi connectivity index (χ3v) is 0.667. The molecule has 0 atom stereocenters. The van der Waals surface area contributed by atoms with Crippen LogP contribution in [0.2, 0.25) is 0 Å². The van der Waals surface area contributed by atoms with Crippen molar-refractivity contribution in [2.75, 3.05) is 0 Å². The first-order valence-corrected chi connectivity index (χ1v) is 6.66. The van der Waals surface area contributed by atoms with E-state index in [0.29, 0.717) is 12.1 Å². The first-order valence-electron chi connectivity index (χ1n) is 3.53. The molecule has 3 nitrogen and oxygen atoms in total.